The number of hydrogen-bond donors (Lipinski definition) is 2. The predicted molar refractivity (Wildman–Crippen MR) is 120 cm³/mol. The summed E-state index contributed by atoms with van der Waals surface area (Å²) >= 11 is 12.4. The third-order valence-electron chi connectivity index (χ3n) is 5.57. The molecule has 1 amide bonds. The van der Waals surface area contributed by atoms with E-state index in [1.165, 1.54) is 5.56 Å². The molecule has 0 unspecified atom stereocenters. The van der Waals surface area contributed by atoms with Gasteiger partial charge < -0.3 is 10.6 Å². The van der Waals surface area contributed by atoms with Crippen molar-refractivity contribution in [3.8, 4) is 0 Å². The zero-order valence-corrected chi connectivity index (χ0v) is 17.6. The van der Waals surface area contributed by atoms with E-state index in [9.17, 15) is 4.79 Å². The van der Waals surface area contributed by atoms with Gasteiger partial charge in [-0.2, -0.15) is 0 Å². The molecule has 1 aliphatic carbocycles. The van der Waals surface area contributed by atoms with Crippen LogP contribution in [-0.2, 0) is 0 Å². The van der Waals surface area contributed by atoms with E-state index in [1.807, 2.05) is 67.7 Å². The number of halogens is 2. The largest absolute Gasteiger partial charge is 0.322 e. The maximum Gasteiger partial charge on any atom is 0.255 e. The van der Waals surface area contributed by atoms with Gasteiger partial charge in [0, 0.05) is 23.2 Å². The smallest absolute Gasteiger partial charge is 0.255 e. The highest BCUT2D eigenvalue weighted by molar-refractivity contribution is 6.42. The summed E-state index contributed by atoms with van der Waals surface area (Å²) in [6, 6.07) is 21.5. The van der Waals surface area contributed by atoms with Crippen LogP contribution < -0.4 is 10.6 Å². The maximum atomic E-state index is 12.8. The average Bonchev–Trinajstić information content (AvgIpc) is 2.75. The van der Waals surface area contributed by atoms with E-state index in [-0.39, 0.29) is 17.9 Å². The molecule has 0 fully saturated rings. The first kappa shape index (κ1) is 20.0. The molecule has 0 aromatic heterocycles. The van der Waals surface area contributed by atoms with E-state index in [0.29, 0.717) is 15.6 Å². The van der Waals surface area contributed by atoms with Crippen LogP contribution in [0.1, 0.15) is 51.8 Å². The highest BCUT2D eigenvalue weighted by Gasteiger charge is 2.28. The highest BCUT2D eigenvalue weighted by atomic mass is 35.5. The molecule has 1 aliphatic rings. The van der Waals surface area contributed by atoms with Gasteiger partial charge in [0.2, 0.25) is 0 Å². The molecule has 0 saturated carbocycles. The Morgan fingerprint density at radius 1 is 0.897 bits per heavy atom. The minimum absolute atomic E-state index is 0.106. The van der Waals surface area contributed by atoms with Gasteiger partial charge in [0.05, 0.1) is 10.0 Å². The van der Waals surface area contributed by atoms with Crippen LogP contribution in [-0.4, -0.2) is 13.0 Å². The molecule has 0 spiro atoms. The van der Waals surface area contributed by atoms with Crippen LogP contribution in [0, 0.1) is 0 Å². The Kier molecular flexibility index (Phi) is 5.91. The predicted octanol–water partition coefficient (Wildman–Crippen LogP) is 6.43. The zero-order valence-electron chi connectivity index (χ0n) is 16.1. The highest BCUT2D eigenvalue weighted by Crippen LogP contribution is 2.42. The molecule has 0 aliphatic heterocycles. The van der Waals surface area contributed by atoms with Gasteiger partial charge in [-0.15, -0.1) is 0 Å². The SMILES string of the molecule is CN[C@H]1CC[C@@H](c2ccc(Cl)c(Cl)c2)c2ccc(C(=O)Nc3ccccc3)cc21. The molecule has 3 aromatic carbocycles. The lowest BCUT2D eigenvalue weighted by atomic mass is 9.76. The fourth-order valence-corrected chi connectivity index (χ4v) is 4.39. The molecular formula is C24H22Cl2N2O. The number of benzene rings is 3. The van der Waals surface area contributed by atoms with Crippen LogP contribution in [0.3, 0.4) is 0 Å². The zero-order chi connectivity index (χ0) is 20.4. The van der Waals surface area contributed by atoms with Crippen LogP contribution >= 0.6 is 23.2 Å². The first-order valence-corrected chi connectivity index (χ1v) is 10.4. The van der Waals surface area contributed by atoms with Crippen LogP contribution in [0.25, 0.3) is 0 Å². The van der Waals surface area contributed by atoms with Crippen molar-refractivity contribution in [1.82, 2.24) is 5.32 Å². The van der Waals surface area contributed by atoms with Crippen molar-refractivity contribution in [2.75, 3.05) is 12.4 Å². The van der Waals surface area contributed by atoms with E-state index in [1.54, 1.807) is 0 Å². The van der Waals surface area contributed by atoms with Crippen molar-refractivity contribution in [1.29, 1.82) is 0 Å². The minimum atomic E-state index is -0.106. The second-order valence-corrected chi connectivity index (χ2v) is 8.12. The molecule has 0 bridgehead atoms. The molecule has 2 N–H and O–H groups in total. The standard InChI is InChI=1S/C24H22Cl2N2O/c1-27-23-12-10-18(15-8-11-21(25)22(26)14-15)19-9-7-16(13-20(19)23)24(29)28-17-5-3-2-4-6-17/h2-9,11,13-14,18,23,27H,10,12H2,1H3,(H,28,29)/t18-,23-/m0/s1. The Bertz CT molecular complexity index is 1040. The Balaban J connectivity index is 1.68. The summed E-state index contributed by atoms with van der Waals surface area (Å²) in [5.41, 5.74) is 4.98. The molecule has 3 nitrogen and oxygen atoms in total. The van der Waals surface area contributed by atoms with Gasteiger partial charge in [0.25, 0.3) is 5.91 Å². The van der Waals surface area contributed by atoms with E-state index in [2.05, 4.69) is 16.7 Å². The molecule has 5 heteroatoms. The molecule has 2 atom stereocenters. The lowest BCUT2D eigenvalue weighted by Gasteiger charge is -2.32. The van der Waals surface area contributed by atoms with E-state index >= 15 is 0 Å². The average molecular weight is 425 g/mol. The molecule has 0 heterocycles. The molecule has 29 heavy (non-hydrogen) atoms. The second-order valence-electron chi connectivity index (χ2n) is 7.31. The van der Waals surface area contributed by atoms with Crippen LogP contribution in [0.4, 0.5) is 5.69 Å². The maximum absolute atomic E-state index is 12.8. The van der Waals surface area contributed by atoms with Crippen molar-refractivity contribution < 1.29 is 4.79 Å². The minimum Gasteiger partial charge on any atom is -0.322 e. The fourth-order valence-electron chi connectivity index (χ4n) is 4.08. The number of carbonyl (C=O) groups is 1. The van der Waals surface area contributed by atoms with Crippen LogP contribution in [0.2, 0.25) is 10.0 Å². The normalized spacial score (nSPS) is 18.2. The van der Waals surface area contributed by atoms with E-state index in [4.69, 9.17) is 23.2 Å². The lowest BCUT2D eigenvalue weighted by molar-refractivity contribution is 0.102. The lowest BCUT2D eigenvalue weighted by Crippen LogP contribution is -2.25. The van der Waals surface area contributed by atoms with Crippen molar-refractivity contribution in [3.63, 3.8) is 0 Å². The van der Waals surface area contributed by atoms with Gasteiger partial charge >= 0.3 is 0 Å². The summed E-state index contributed by atoms with van der Waals surface area (Å²) in [5, 5.41) is 7.48. The molecule has 148 valence electrons. The van der Waals surface area contributed by atoms with Crippen molar-refractivity contribution in [2.45, 2.75) is 24.8 Å². The quantitative estimate of drug-likeness (QED) is 0.506. The molecule has 4 rings (SSSR count). The van der Waals surface area contributed by atoms with Crippen molar-refractivity contribution in [3.05, 3.63) is 99.0 Å². The molecule has 0 saturated heterocycles. The topological polar surface area (TPSA) is 41.1 Å². The first-order valence-electron chi connectivity index (χ1n) is 9.69. The summed E-state index contributed by atoms with van der Waals surface area (Å²) in [4.78, 5) is 12.8. The molecule has 0 radical (unpaired) electrons. The Morgan fingerprint density at radius 2 is 1.69 bits per heavy atom. The number of rotatable bonds is 4. The van der Waals surface area contributed by atoms with Gasteiger partial charge in [-0.25, -0.2) is 0 Å². The van der Waals surface area contributed by atoms with Gasteiger partial charge in [0.1, 0.15) is 0 Å². The Hall–Kier alpha value is -2.33. The summed E-state index contributed by atoms with van der Waals surface area (Å²) in [6.07, 6.45) is 1.99. The van der Waals surface area contributed by atoms with Gasteiger partial charge in [-0.1, -0.05) is 53.5 Å². The number of fused-ring (bicyclic) bond motifs is 1. The number of amides is 1. The first-order chi connectivity index (χ1) is 14.1. The second kappa shape index (κ2) is 8.58. The van der Waals surface area contributed by atoms with Crippen LogP contribution in [0.15, 0.2) is 66.7 Å². The number of para-hydroxylation sites is 1. The molecule has 3 aromatic rings. The van der Waals surface area contributed by atoms with Gasteiger partial charge in [-0.3, -0.25) is 4.79 Å². The number of hydrogen-bond acceptors (Lipinski definition) is 2. The number of carbonyl (C=O) groups excluding carboxylic acids is 1. The summed E-state index contributed by atoms with van der Waals surface area (Å²) in [7, 11) is 1.96. The summed E-state index contributed by atoms with van der Waals surface area (Å²) in [5.74, 6) is 0.126. The van der Waals surface area contributed by atoms with Crippen molar-refractivity contribution >= 4 is 34.8 Å². The number of anilines is 1. The fraction of sp³-hybridized carbons (Fsp3) is 0.208. The van der Waals surface area contributed by atoms with Crippen molar-refractivity contribution in [2.24, 2.45) is 0 Å². The third kappa shape index (κ3) is 4.18. The van der Waals surface area contributed by atoms with Crippen LogP contribution in [0.5, 0.6) is 0 Å². The van der Waals surface area contributed by atoms with E-state index < -0.39 is 0 Å². The van der Waals surface area contributed by atoms with Gasteiger partial charge in [0.15, 0.2) is 0 Å². The summed E-state index contributed by atoms with van der Waals surface area (Å²) in [6.45, 7) is 0. The van der Waals surface area contributed by atoms with Gasteiger partial charge in [-0.05, 0) is 73.0 Å². The monoisotopic (exact) mass is 424 g/mol. The third-order valence-corrected chi connectivity index (χ3v) is 6.31. The summed E-state index contributed by atoms with van der Waals surface area (Å²) < 4.78 is 0. The van der Waals surface area contributed by atoms with E-state index in [0.717, 1.165) is 29.7 Å². The Labute approximate surface area is 181 Å². The Morgan fingerprint density at radius 3 is 2.41 bits per heavy atom. The number of nitrogens with one attached hydrogen (secondary N) is 2. The molecular weight excluding hydrogens is 403 g/mol.